The van der Waals surface area contributed by atoms with Crippen LogP contribution in [0.15, 0.2) is 24.3 Å². The zero-order chi connectivity index (χ0) is 12.0. The van der Waals surface area contributed by atoms with Crippen LogP contribution < -0.4 is 4.74 Å². The molecule has 4 heteroatoms. The van der Waals surface area contributed by atoms with Gasteiger partial charge in [0, 0.05) is 5.75 Å². The van der Waals surface area contributed by atoms with Crippen molar-refractivity contribution in [3.8, 4) is 5.75 Å². The molecule has 0 aliphatic rings. The van der Waals surface area contributed by atoms with E-state index in [0.717, 1.165) is 11.3 Å². The third-order valence-corrected chi connectivity index (χ3v) is 4.09. The lowest BCUT2D eigenvalue weighted by Crippen LogP contribution is -2.11. The van der Waals surface area contributed by atoms with Gasteiger partial charge in [-0.2, -0.15) is 0 Å². The first kappa shape index (κ1) is 13.0. The molecule has 0 amide bonds. The van der Waals surface area contributed by atoms with Crippen LogP contribution in [0.4, 0.5) is 0 Å². The maximum Gasteiger partial charge on any atom is 0.150 e. The first-order chi connectivity index (χ1) is 7.53. The van der Waals surface area contributed by atoms with Gasteiger partial charge in [-0.05, 0) is 31.0 Å². The highest BCUT2D eigenvalue weighted by Gasteiger charge is 2.06. The van der Waals surface area contributed by atoms with Gasteiger partial charge in [-0.3, -0.25) is 0 Å². The summed E-state index contributed by atoms with van der Waals surface area (Å²) in [4.78, 5) is 0. The largest absolute Gasteiger partial charge is 0.494 e. The molecule has 0 radical (unpaired) electrons. The zero-order valence-electron chi connectivity index (χ0n) is 9.77. The van der Waals surface area contributed by atoms with E-state index in [0.29, 0.717) is 13.0 Å². The average Bonchev–Trinajstić information content (AvgIpc) is 2.25. The molecular formula is C12H18O3S. The molecule has 0 unspecified atom stereocenters. The van der Waals surface area contributed by atoms with Gasteiger partial charge < -0.3 is 4.74 Å². The van der Waals surface area contributed by atoms with Crippen LogP contribution in [0.1, 0.15) is 18.9 Å². The standard InChI is InChI=1S/C12H18O3S/c1-3-16(13,14)9-5-8-15-12-7-4-6-11(2)10-12/h4,6-7,10H,3,5,8-9H2,1-2H3. The van der Waals surface area contributed by atoms with Gasteiger partial charge in [0.1, 0.15) is 15.6 Å². The second-order valence-electron chi connectivity index (χ2n) is 3.75. The SMILES string of the molecule is CCS(=O)(=O)CCCOc1cccc(C)c1. The Morgan fingerprint density at radius 1 is 1.31 bits per heavy atom. The molecule has 0 heterocycles. The highest BCUT2D eigenvalue weighted by atomic mass is 32.2. The van der Waals surface area contributed by atoms with Crippen molar-refractivity contribution in [1.29, 1.82) is 0 Å². The fourth-order valence-corrected chi connectivity index (χ4v) is 2.16. The van der Waals surface area contributed by atoms with E-state index < -0.39 is 9.84 Å². The van der Waals surface area contributed by atoms with Gasteiger partial charge in [0.15, 0.2) is 0 Å². The Hall–Kier alpha value is -1.03. The molecule has 90 valence electrons. The Balaban J connectivity index is 2.32. The van der Waals surface area contributed by atoms with Crippen LogP contribution in [-0.4, -0.2) is 26.5 Å². The number of hydrogen-bond donors (Lipinski definition) is 0. The molecule has 16 heavy (non-hydrogen) atoms. The molecule has 0 aliphatic carbocycles. The maximum atomic E-state index is 11.2. The van der Waals surface area contributed by atoms with Gasteiger partial charge >= 0.3 is 0 Å². The summed E-state index contributed by atoms with van der Waals surface area (Å²) in [5.41, 5.74) is 1.14. The molecule has 0 aromatic heterocycles. The lowest BCUT2D eigenvalue weighted by atomic mass is 10.2. The highest BCUT2D eigenvalue weighted by Crippen LogP contribution is 2.12. The van der Waals surface area contributed by atoms with Crippen molar-refractivity contribution in [2.45, 2.75) is 20.3 Å². The summed E-state index contributed by atoms with van der Waals surface area (Å²) in [7, 11) is -2.86. The lowest BCUT2D eigenvalue weighted by Gasteiger charge is -2.06. The summed E-state index contributed by atoms with van der Waals surface area (Å²) in [5.74, 6) is 1.21. The fraction of sp³-hybridized carbons (Fsp3) is 0.500. The van der Waals surface area contributed by atoms with Gasteiger partial charge in [-0.1, -0.05) is 19.1 Å². The quantitative estimate of drug-likeness (QED) is 0.718. The van der Waals surface area contributed by atoms with Crippen molar-refractivity contribution in [1.82, 2.24) is 0 Å². The molecule has 0 aliphatic heterocycles. The molecule has 0 saturated heterocycles. The third kappa shape index (κ3) is 4.66. The Morgan fingerprint density at radius 3 is 2.69 bits per heavy atom. The molecule has 1 aromatic carbocycles. The van der Waals surface area contributed by atoms with Crippen molar-refractivity contribution in [3.63, 3.8) is 0 Å². The second kappa shape index (κ2) is 5.89. The van der Waals surface area contributed by atoms with E-state index in [4.69, 9.17) is 4.74 Å². The highest BCUT2D eigenvalue weighted by molar-refractivity contribution is 7.91. The molecule has 0 fully saturated rings. The van der Waals surface area contributed by atoms with Gasteiger partial charge in [-0.15, -0.1) is 0 Å². The van der Waals surface area contributed by atoms with Gasteiger partial charge in [0.25, 0.3) is 0 Å². The van der Waals surface area contributed by atoms with Crippen LogP contribution in [0.3, 0.4) is 0 Å². The minimum atomic E-state index is -2.86. The topological polar surface area (TPSA) is 43.4 Å². The Kier molecular flexibility index (Phi) is 4.80. The molecule has 0 bridgehead atoms. The molecular weight excluding hydrogens is 224 g/mol. The number of ether oxygens (including phenoxy) is 1. The van der Waals surface area contributed by atoms with Crippen LogP contribution in [0, 0.1) is 6.92 Å². The number of benzene rings is 1. The zero-order valence-corrected chi connectivity index (χ0v) is 10.6. The van der Waals surface area contributed by atoms with E-state index >= 15 is 0 Å². The van der Waals surface area contributed by atoms with Crippen molar-refractivity contribution in [3.05, 3.63) is 29.8 Å². The van der Waals surface area contributed by atoms with Crippen molar-refractivity contribution in [2.24, 2.45) is 0 Å². The van der Waals surface area contributed by atoms with E-state index in [-0.39, 0.29) is 11.5 Å². The summed E-state index contributed by atoms with van der Waals surface area (Å²) in [6, 6.07) is 7.73. The molecule has 1 rings (SSSR count). The van der Waals surface area contributed by atoms with Crippen molar-refractivity contribution >= 4 is 9.84 Å². The number of hydrogen-bond acceptors (Lipinski definition) is 3. The second-order valence-corrected chi connectivity index (χ2v) is 6.23. The predicted octanol–water partition coefficient (Wildman–Crippen LogP) is 2.20. The summed E-state index contributed by atoms with van der Waals surface area (Å²) in [5, 5.41) is 0. The molecule has 0 spiro atoms. The minimum absolute atomic E-state index is 0.204. The summed E-state index contributed by atoms with van der Waals surface area (Å²) >= 11 is 0. The van der Waals surface area contributed by atoms with Crippen molar-refractivity contribution < 1.29 is 13.2 Å². The third-order valence-electron chi connectivity index (χ3n) is 2.30. The van der Waals surface area contributed by atoms with Crippen LogP contribution in [0.25, 0.3) is 0 Å². The average molecular weight is 242 g/mol. The van der Waals surface area contributed by atoms with E-state index in [1.807, 2.05) is 31.2 Å². The molecule has 0 atom stereocenters. The first-order valence-corrected chi connectivity index (χ1v) is 7.25. The van der Waals surface area contributed by atoms with E-state index in [1.165, 1.54) is 0 Å². The van der Waals surface area contributed by atoms with Crippen LogP contribution in [0.5, 0.6) is 5.75 Å². The molecule has 0 N–H and O–H groups in total. The monoisotopic (exact) mass is 242 g/mol. The van der Waals surface area contributed by atoms with Gasteiger partial charge in [0.2, 0.25) is 0 Å². The summed E-state index contributed by atoms with van der Waals surface area (Å²) < 4.78 is 27.9. The Labute approximate surface area is 97.4 Å². The van der Waals surface area contributed by atoms with Gasteiger partial charge in [-0.25, -0.2) is 8.42 Å². The number of sulfone groups is 1. The lowest BCUT2D eigenvalue weighted by molar-refractivity contribution is 0.317. The normalized spacial score (nSPS) is 11.4. The van der Waals surface area contributed by atoms with Crippen LogP contribution in [0.2, 0.25) is 0 Å². The fourth-order valence-electron chi connectivity index (χ4n) is 1.32. The molecule has 1 aromatic rings. The smallest absolute Gasteiger partial charge is 0.150 e. The molecule has 0 saturated carbocycles. The number of aryl methyl sites for hydroxylation is 1. The van der Waals surface area contributed by atoms with E-state index in [2.05, 4.69) is 0 Å². The van der Waals surface area contributed by atoms with E-state index in [1.54, 1.807) is 6.92 Å². The van der Waals surface area contributed by atoms with E-state index in [9.17, 15) is 8.42 Å². The number of rotatable bonds is 6. The molecule has 3 nitrogen and oxygen atoms in total. The summed E-state index contributed by atoms with van der Waals surface area (Å²) in [6.07, 6.45) is 0.546. The van der Waals surface area contributed by atoms with Crippen LogP contribution in [-0.2, 0) is 9.84 Å². The predicted molar refractivity (Wildman–Crippen MR) is 65.6 cm³/mol. The Bertz CT molecular complexity index is 424. The maximum absolute atomic E-state index is 11.2. The first-order valence-electron chi connectivity index (χ1n) is 5.43. The van der Waals surface area contributed by atoms with Gasteiger partial charge in [0.05, 0.1) is 12.4 Å². The van der Waals surface area contributed by atoms with Crippen molar-refractivity contribution in [2.75, 3.05) is 18.1 Å². The minimum Gasteiger partial charge on any atom is -0.494 e. The van der Waals surface area contributed by atoms with Crippen LogP contribution >= 0.6 is 0 Å². The Morgan fingerprint density at radius 2 is 2.06 bits per heavy atom. The summed E-state index contributed by atoms with van der Waals surface area (Å²) in [6.45, 7) is 4.10.